The van der Waals surface area contributed by atoms with Crippen molar-refractivity contribution in [3.63, 3.8) is 0 Å². The molecule has 1 aromatic carbocycles. The van der Waals surface area contributed by atoms with Crippen LogP contribution in [0.4, 0.5) is 18.3 Å². The smallest absolute Gasteiger partial charge is 0.375 e. The van der Waals surface area contributed by atoms with E-state index in [2.05, 4.69) is 4.98 Å². The molecule has 2 N–H and O–H groups in total. The zero-order valence-electron chi connectivity index (χ0n) is 9.66. The maximum absolute atomic E-state index is 12.2. The number of benzene rings is 1. The van der Waals surface area contributed by atoms with E-state index in [0.717, 1.165) is 15.8 Å². The van der Waals surface area contributed by atoms with Gasteiger partial charge >= 0.3 is 6.18 Å². The molecule has 0 bridgehead atoms. The summed E-state index contributed by atoms with van der Waals surface area (Å²) in [6.45, 7) is -0.677. The van der Waals surface area contributed by atoms with Crippen molar-refractivity contribution in [3.05, 3.63) is 23.8 Å². The van der Waals surface area contributed by atoms with Gasteiger partial charge in [-0.15, -0.1) is 0 Å². The highest BCUT2D eigenvalue weighted by atomic mass is 32.1. The van der Waals surface area contributed by atoms with Gasteiger partial charge in [0.1, 0.15) is 0 Å². The Labute approximate surface area is 106 Å². The predicted molar refractivity (Wildman–Crippen MR) is 66.4 cm³/mol. The average Bonchev–Trinajstić information content (AvgIpc) is 2.53. The highest BCUT2D eigenvalue weighted by molar-refractivity contribution is 7.22. The van der Waals surface area contributed by atoms with Crippen LogP contribution in [0.2, 0.25) is 0 Å². The molecule has 2 rings (SSSR count). The molecule has 0 fully saturated rings. The highest BCUT2D eigenvalue weighted by Crippen LogP contribution is 2.25. The minimum Gasteiger partial charge on any atom is -0.375 e. The Morgan fingerprint density at radius 3 is 2.78 bits per heavy atom. The van der Waals surface area contributed by atoms with Crippen molar-refractivity contribution in [1.82, 2.24) is 9.88 Å². The van der Waals surface area contributed by atoms with Crippen LogP contribution in [0.5, 0.6) is 0 Å². The van der Waals surface area contributed by atoms with E-state index in [4.69, 9.17) is 5.73 Å². The number of halogens is 3. The van der Waals surface area contributed by atoms with Gasteiger partial charge in [-0.25, -0.2) is 4.98 Å². The summed E-state index contributed by atoms with van der Waals surface area (Å²) >= 11 is 1.33. The van der Waals surface area contributed by atoms with Gasteiger partial charge in [-0.05, 0) is 24.7 Å². The number of aromatic nitrogens is 1. The van der Waals surface area contributed by atoms with Crippen molar-refractivity contribution in [1.29, 1.82) is 0 Å². The van der Waals surface area contributed by atoms with E-state index in [1.54, 1.807) is 12.1 Å². The monoisotopic (exact) mass is 275 g/mol. The first-order valence-electron chi connectivity index (χ1n) is 5.24. The summed E-state index contributed by atoms with van der Waals surface area (Å²) in [5.74, 6) is 0. The van der Waals surface area contributed by atoms with Gasteiger partial charge in [-0.2, -0.15) is 13.2 Å². The average molecular weight is 275 g/mol. The zero-order chi connectivity index (χ0) is 13.3. The molecule has 1 aromatic heterocycles. The van der Waals surface area contributed by atoms with Gasteiger partial charge in [0.05, 0.1) is 16.8 Å². The van der Waals surface area contributed by atoms with Crippen LogP contribution in [0.25, 0.3) is 10.2 Å². The van der Waals surface area contributed by atoms with Gasteiger partial charge in [-0.3, -0.25) is 4.90 Å². The van der Waals surface area contributed by atoms with E-state index in [1.807, 2.05) is 6.07 Å². The second-order valence-corrected chi connectivity index (χ2v) is 5.20. The largest absolute Gasteiger partial charge is 0.401 e. The molecular formula is C11H12F3N3S. The molecule has 3 nitrogen and oxygen atoms in total. The predicted octanol–water partition coefficient (Wildman–Crippen LogP) is 2.87. The molecule has 0 spiro atoms. The highest BCUT2D eigenvalue weighted by Gasteiger charge is 2.29. The molecule has 0 amide bonds. The van der Waals surface area contributed by atoms with Crippen LogP contribution < -0.4 is 5.73 Å². The molecule has 0 aliphatic heterocycles. The van der Waals surface area contributed by atoms with Gasteiger partial charge in [-0.1, -0.05) is 17.4 Å². The first-order valence-corrected chi connectivity index (χ1v) is 6.05. The zero-order valence-corrected chi connectivity index (χ0v) is 10.5. The standard InChI is InChI=1S/C11H12F3N3S/c1-17(6-11(12,13)14)5-7-2-3-8-9(4-7)18-10(15)16-8/h2-4H,5-6H2,1H3,(H2,15,16). The molecule has 0 atom stereocenters. The Bertz CT molecular complexity index is 550. The van der Waals surface area contributed by atoms with E-state index < -0.39 is 12.7 Å². The minimum atomic E-state index is -4.17. The molecule has 1 heterocycles. The number of rotatable bonds is 3. The maximum Gasteiger partial charge on any atom is 0.401 e. The van der Waals surface area contributed by atoms with Crippen LogP contribution in [0.1, 0.15) is 5.56 Å². The van der Waals surface area contributed by atoms with Gasteiger partial charge in [0.15, 0.2) is 5.13 Å². The molecule has 0 aliphatic rings. The van der Waals surface area contributed by atoms with E-state index in [9.17, 15) is 13.2 Å². The fourth-order valence-electron chi connectivity index (χ4n) is 1.76. The van der Waals surface area contributed by atoms with Gasteiger partial charge in [0.25, 0.3) is 0 Å². The van der Waals surface area contributed by atoms with E-state index in [1.165, 1.54) is 23.3 Å². The summed E-state index contributed by atoms with van der Waals surface area (Å²) in [5, 5.41) is 0.464. The number of hydrogen-bond acceptors (Lipinski definition) is 4. The van der Waals surface area contributed by atoms with Crippen LogP contribution in [0.3, 0.4) is 0 Å². The lowest BCUT2D eigenvalue weighted by atomic mass is 10.2. The third-order valence-electron chi connectivity index (χ3n) is 2.37. The van der Waals surface area contributed by atoms with E-state index >= 15 is 0 Å². The SMILES string of the molecule is CN(Cc1ccc2nc(N)sc2c1)CC(F)(F)F. The Morgan fingerprint density at radius 1 is 1.39 bits per heavy atom. The molecule has 2 aromatic rings. The fraction of sp³-hybridized carbons (Fsp3) is 0.364. The van der Waals surface area contributed by atoms with Crippen LogP contribution in [0.15, 0.2) is 18.2 Å². The van der Waals surface area contributed by atoms with Crippen LogP contribution >= 0.6 is 11.3 Å². The summed E-state index contributed by atoms with van der Waals surface area (Å²) < 4.78 is 37.5. The topological polar surface area (TPSA) is 42.2 Å². The van der Waals surface area contributed by atoms with Gasteiger partial charge < -0.3 is 5.73 Å². The van der Waals surface area contributed by atoms with Crippen molar-refractivity contribution < 1.29 is 13.2 Å². The molecular weight excluding hydrogens is 263 g/mol. The summed E-state index contributed by atoms with van der Waals surface area (Å²) in [7, 11) is 1.44. The molecule has 0 unspecified atom stereocenters. The Balaban J connectivity index is 2.11. The Hall–Kier alpha value is -1.34. The maximum atomic E-state index is 12.2. The number of anilines is 1. The number of thiazole rings is 1. The number of nitrogen functional groups attached to an aromatic ring is 1. The summed E-state index contributed by atoms with van der Waals surface area (Å²) in [6.07, 6.45) is -4.17. The summed E-state index contributed by atoms with van der Waals surface area (Å²) in [6, 6.07) is 5.38. The molecule has 18 heavy (non-hydrogen) atoms. The number of nitrogens with two attached hydrogens (primary N) is 1. The minimum absolute atomic E-state index is 0.243. The fourth-order valence-corrected chi connectivity index (χ4v) is 2.56. The Kier molecular flexibility index (Phi) is 3.45. The third-order valence-corrected chi connectivity index (χ3v) is 3.22. The van der Waals surface area contributed by atoms with Crippen LogP contribution in [-0.2, 0) is 6.54 Å². The van der Waals surface area contributed by atoms with Crippen molar-refractivity contribution in [2.45, 2.75) is 12.7 Å². The van der Waals surface area contributed by atoms with E-state index in [0.29, 0.717) is 5.13 Å². The molecule has 98 valence electrons. The number of fused-ring (bicyclic) bond motifs is 1. The lowest BCUT2D eigenvalue weighted by Gasteiger charge is -2.18. The van der Waals surface area contributed by atoms with Crippen molar-refractivity contribution in [2.75, 3.05) is 19.3 Å². The third kappa shape index (κ3) is 3.33. The lowest BCUT2D eigenvalue weighted by Crippen LogP contribution is -2.30. The van der Waals surface area contributed by atoms with Gasteiger partial charge in [0.2, 0.25) is 0 Å². The number of hydrogen-bond donors (Lipinski definition) is 1. The van der Waals surface area contributed by atoms with Crippen molar-refractivity contribution in [3.8, 4) is 0 Å². The van der Waals surface area contributed by atoms with Gasteiger partial charge in [0, 0.05) is 6.54 Å². The first-order chi connectivity index (χ1) is 8.33. The van der Waals surface area contributed by atoms with Crippen molar-refractivity contribution >= 4 is 26.7 Å². The normalized spacial score (nSPS) is 12.5. The van der Waals surface area contributed by atoms with E-state index in [-0.39, 0.29) is 6.54 Å². The van der Waals surface area contributed by atoms with Crippen LogP contribution in [-0.4, -0.2) is 29.7 Å². The second-order valence-electron chi connectivity index (χ2n) is 4.14. The molecule has 0 aliphatic carbocycles. The lowest BCUT2D eigenvalue weighted by molar-refractivity contribution is -0.144. The second kappa shape index (κ2) is 4.74. The quantitative estimate of drug-likeness (QED) is 0.936. The molecule has 0 saturated carbocycles. The molecule has 7 heteroatoms. The molecule has 0 radical (unpaired) electrons. The van der Waals surface area contributed by atoms with Crippen molar-refractivity contribution in [2.24, 2.45) is 0 Å². The summed E-state index contributed by atoms with van der Waals surface area (Å²) in [5.41, 5.74) is 7.17. The number of alkyl halides is 3. The first kappa shape index (κ1) is 13.1. The molecule has 0 saturated heterocycles. The summed E-state index contributed by atoms with van der Waals surface area (Å²) in [4.78, 5) is 5.32. The van der Waals surface area contributed by atoms with Crippen LogP contribution in [0, 0.1) is 0 Å². The Morgan fingerprint density at radius 2 is 2.11 bits per heavy atom. The number of nitrogens with zero attached hydrogens (tertiary/aromatic N) is 2.